The number of aromatic nitrogens is 2. The molecular formula is C19H18N2O2. The van der Waals surface area contributed by atoms with Crippen molar-refractivity contribution in [3.05, 3.63) is 71.5 Å². The molecule has 0 amide bonds. The Morgan fingerprint density at radius 2 is 1.87 bits per heavy atom. The highest BCUT2D eigenvalue weighted by atomic mass is 16.4. The highest BCUT2D eigenvalue weighted by molar-refractivity contribution is 5.75. The second kappa shape index (κ2) is 6.08. The summed E-state index contributed by atoms with van der Waals surface area (Å²) in [6, 6.07) is 15.9. The molecule has 0 aliphatic carbocycles. The normalized spacial score (nSPS) is 10.7. The van der Waals surface area contributed by atoms with Crippen molar-refractivity contribution in [3.8, 4) is 16.8 Å². The Labute approximate surface area is 135 Å². The topological polar surface area (TPSA) is 55.1 Å². The molecule has 0 spiro atoms. The van der Waals surface area contributed by atoms with Crippen LogP contribution in [0.1, 0.15) is 16.8 Å². The first-order valence-corrected chi connectivity index (χ1v) is 7.48. The fourth-order valence-electron chi connectivity index (χ4n) is 2.73. The van der Waals surface area contributed by atoms with Crippen LogP contribution in [0.4, 0.5) is 0 Å². The number of nitrogens with zero attached hydrogens (tertiary/aromatic N) is 2. The van der Waals surface area contributed by atoms with Gasteiger partial charge in [0.15, 0.2) is 0 Å². The van der Waals surface area contributed by atoms with E-state index in [4.69, 9.17) is 5.11 Å². The Morgan fingerprint density at radius 3 is 2.52 bits per heavy atom. The summed E-state index contributed by atoms with van der Waals surface area (Å²) in [4.78, 5) is 11.2. The van der Waals surface area contributed by atoms with E-state index in [1.54, 1.807) is 4.68 Å². The van der Waals surface area contributed by atoms with E-state index < -0.39 is 5.97 Å². The number of hydrogen-bond donors (Lipinski definition) is 1. The average molecular weight is 306 g/mol. The van der Waals surface area contributed by atoms with Crippen molar-refractivity contribution in [2.24, 2.45) is 0 Å². The monoisotopic (exact) mass is 306 g/mol. The molecule has 0 aliphatic heterocycles. The van der Waals surface area contributed by atoms with Crippen LogP contribution in [0, 0.1) is 13.8 Å². The first-order valence-electron chi connectivity index (χ1n) is 7.48. The Bertz CT molecular complexity index is 851. The molecule has 4 nitrogen and oxygen atoms in total. The standard InChI is InChI=1S/C19H18N2O2/c1-13-8-9-18(14(2)10-13)21-12-16(15-6-4-3-5-7-15)17(20-21)11-19(22)23/h3-10,12H,11H2,1-2H3,(H,22,23). The molecule has 0 aliphatic rings. The Morgan fingerprint density at radius 1 is 1.13 bits per heavy atom. The number of aryl methyl sites for hydroxylation is 2. The second-order valence-electron chi connectivity index (χ2n) is 5.66. The second-order valence-corrected chi connectivity index (χ2v) is 5.66. The summed E-state index contributed by atoms with van der Waals surface area (Å²) in [5.74, 6) is -0.881. The van der Waals surface area contributed by atoms with Crippen molar-refractivity contribution in [2.75, 3.05) is 0 Å². The van der Waals surface area contributed by atoms with Gasteiger partial charge in [0.25, 0.3) is 0 Å². The largest absolute Gasteiger partial charge is 0.481 e. The maximum absolute atomic E-state index is 11.2. The predicted octanol–water partition coefficient (Wildman–Crippen LogP) is 3.78. The van der Waals surface area contributed by atoms with E-state index in [0.717, 1.165) is 22.4 Å². The first kappa shape index (κ1) is 15.0. The molecule has 0 fully saturated rings. The summed E-state index contributed by atoms with van der Waals surface area (Å²) in [5, 5.41) is 13.7. The summed E-state index contributed by atoms with van der Waals surface area (Å²) >= 11 is 0. The van der Waals surface area contributed by atoms with Gasteiger partial charge in [0.1, 0.15) is 0 Å². The van der Waals surface area contributed by atoms with Gasteiger partial charge in [-0.05, 0) is 31.0 Å². The zero-order valence-electron chi connectivity index (χ0n) is 13.2. The summed E-state index contributed by atoms with van der Waals surface area (Å²) in [6.07, 6.45) is 1.81. The molecule has 0 saturated carbocycles. The molecule has 0 atom stereocenters. The van der Waals surface area contributed by atoms with Crippen LogP contribution < -0.4 is 0 Å². The summed E-state index contributed by atoms with van der Waals surface area (Å²) in [5.41, 5.74) is 5.65. The van der Waals surface area contributed by atoms with Crippen LogP contribution in [0.25, 0.3) is 16.8 Å². The minimum atomic E-state index is -0.881. The van der Waals surface area contributed by atoms with Gasteiger partial charge in [-0.3, -0.25) is 4.79 Å². The molecule has 2 aromatic carbocycles. The third kappa shape index (κ3) is 3.16. The molecule has 3 rings (SSSR count). The van der Waals surface area contributed by atoms with Gasteiger partial charge in [-0.2, -0.15) is 5.10 Å². The van der Waals surface area contributed by atoms with Gasteiger partial charge in [0.2, 0.25) is 0 Å². The number of benzene rings is 2. The molecule has 116 valence electrons. The van der Waals surface area contributed by atoms with E-state index in [2.05, 4.69) is 11.2 Å². The SMILES string of the molecule is Cc1ccc(-n2cc(-c3ccccc3)c(CC(=O)O)n2)c(C)c1. The van der Waals surface area contributed by atoms with Crippen molar-refractivity contribution in [2.45, 2.75) is 20.3 Å². The van der Waals surface area contributed by atoms with Crippen LogP contribution in [0.5, 0.6) is 0 Å². The maximum Gasteiger partial charge on any atom is 0.309 e. The number of hydrogen-bond acceptors (Lipinski definition) is 2. The van der Waals surface area contributed by atoms with Crippen molar-refractivity contribution >= 4 is 5.97 Å². The Hall–Kier alpha value is -2.88. The van der Waals surface area contributed by atoms with Gasteiger partial charge in [-0.1, -0.05) is 48.0 Å². The highest BCUT2D eigenvalue weighted by Gasteiger charge is 2.15. The summed E-state index contributed by atoms with van der Waals surface area (Å²) < 4.78 is 1.77. The third-order valence-electron chi connectivity index (χ3n) is 3.79. The molecule has 0 unspecified atom stereocenters. The van der Waals surface area contributed by atoms with Crippen molar-refractivity contribution < 1.29 is 9.90 Å². The zero-order chi connectivity index (χ0) is 16.4. The van der Waals surface area contributed by atoms with Crippen molar-refractivity contribution in [3.63, 3.8) is 0 Å². The molecule has 4 heteroatoms. The van der Waals surface area contributed by atoms with Gasteiger partial charge in [-0.25, -0.2) is 4.68 Å². The van der Waals surface area contributed by atoms with Gasteiger partial charge in [0.05, 0.1) is 17.8 Å². The maximum atomic E-state index is 11.2. The van der Waals surface area contributed by atoms with Crippen LogP contribution in [0.3, 0.4) is 0 Å². The minimum Gasteiger partial charge on any atom is -0.481 e. The van der Waals surface area contributed by atoms with E-state index in [9.17, 15) is 4.79 Å². The van der Waals surface area contributed by atoms with Gasteiger partial charge >= 0.3 is 5.97 Å². The Balaban J connectivity index is 2.13. The van der Waals surface area contributed by atoms with E-state index in [1.807, 2.05) is 62.5 Å². The number of carboxylic acids is 1. The van der Waals surface area contributed by atoms with Gasteiger partial charge in [0, 0.05) is 11.8 Å². The third-order valence-corrected chi connectivity index (χ3v) is 3.79. The van der Waals surface area contributed by atoms with Gasteiger partial charge in [-0.15, -0.1) is 0 Å². The molecule has 0 radical (unpaired) electrons. The molecular weight excluding hydrogens is 288 g/mol. The lowest BCUT2D eigenvalue weighted by Crippen LogP contribution is -2.04. The summed E-state index contributed by atoms with van der Waals surface area (Å²) in [6.45, 7) is 4.08. The van der Waals surface area contributed by atoms with Crippen LogP contribution in [0.15, 0.2) is 54.7 Å². The number of rotatable bonds is 4. The minimum absolute atomic E-state index is 0.0951. The first-order chi connectivity index (χ1) is 11.0. The fraction of sp³-hybridized carbons (Fsp3) is 0.158. The molecule has 1 N–H and O–H groups in total. The number of aliphatic carboxylic acids is 1. The van der Waals surface area contributed by atoms with Crippen molar-refractivity contribution in [1.29, 1.82) is 0 Å². The molecule has 0 saturated heterocycles. The lowest BCUT2D eigenvalue weighted by Gasteiger charge is -2.06. The number of carbonyl (C=O) groups is 1. The van der Waals surface area contributed by atoms with E-state index >= 15 is 0 Å². The fourth-order valence-corrected chi connectivity index (χ4v) is 2.73. The molecule has 23 heavy (non-hydrogen) atoms. The lowest BCUT2D eigenvalue weighted by molar-refractivity contribution is -0.136. The molecule has 1 heterocycles. The molecule has 3 aromatic rings. The van der Waals surface area contributed by atoms with Crippen LogP contribution >= 0.6 is 0 Å². The van der Waals surface area contributed by atoms with E-state index in [-0.39, 0.29) is 6.42 Å². The number of carboxylic acid groups (broad SMARTS) is 1. The van der Waals surface area contributed by atoms with E-state index in [0.29, 0.717) is 5.69 Å². The highest BCUT2D eigenvalue weighted by Crippen LogP contribution is 2.26. The molecule has 0 bridgehead atoms. The van der Waals surface area contributed by atoms with Crippen molar-refractivity contribution in [1.82, 2.24) is 9.78 Å². The van der Waals surface area contributed by atoms with Gasteiger partial charge < -0.3 is 5.11 Å². The summed E-state index contributed by atoms with van der Waals surface area (Å²) in [7, 11) is 0. The zero-order valence-corrected chi connectivity index (χ0v) is 13.2. The Kier molecular flexibility index (Phi) is 3.98. The van der Waals surface area contributed by atoms with Crippen LogP contribution in [-0.2, 0) is 11.2 Å². The molecule has 1 aromatic heterocycles. The van der Waals surface area contributed by atoms with Crippen LogP contribution in [0.2, 0.25) is 0 Å². The quantitative estimate of drug-likeness (QED) is 0.798. The average Bonchev–Trinajstić information content (AvgIpc) is 2.91. The van der Waals surface area contributed by atoms with Crippen LogP contribution in [-0.4, -0.2) is 20.9 Å². The predicted molar refractivity (Wildman–Crippen MR) is 89.8 cm³/mol. The smallest absolute Gasteiger partial charge is 0.309 e. The lowest BCUT2D eigenvalue weighted by atomic mass is 10.1. The van der Waals surface area contributed by atoms with E-state index in [1.165, 1.54) is 5.56 Å².